The standard InChI is InChI=1S/C21H25ClN6O/c1-13-18(11-28(27-13)16-5-14(6-16)9-23)25-20-24-10-17(22)19(26-20)29-12-15-7-21(8-15)3-2-4-21/h10-11,14-16H,2-8,12H2,1H3,(H,24,25,26). The maximum Gasteiger partial charge on any atom is 0.237 e. The van der Waals surface area contributed by atoms with E-state index < -0.39 is 0 Å². The zero-order valence-corrected chi connectivity index (χ0v) is 17.3. The van der Waals surface area contributed by atoms with Crippen molar-refractivity contribution in [1.29, 1.82) is 5.26 Å². The number of halogens is 1. The smallest absolute Gasteiger partial charge is 0.237 e. The van der Waals surface area contributed by atoms with Crippen molar-refractivity contribution in [3.63, 3.8) is 0 Å². The Labute approximate surface area is 175 Å². The molecule has 152 valence electrons. The van der Waals surface area contributed by atoms with Gasteiger partial charge in [-0.1, -0.05) is 18.0 Å². The third-order valence-electron chi connectivity index (χ3n) is 6.86. The number of nitrogens with one attached hydrogen (secondary N) is 1. The lowest BCUT2D eigenvalue weighted by atomic mass is 9.52. The topological polar surface area (TPSA) is 88.7 Å². The minimum atomic E-state index is 0.148. The molecule has 0 radical (unpaired) electrons. The van der Waals surface area contributed by atoms with Crippen molar-refractivity contribution in [2.24, 2.45) is 17.3 Å². The van der Waals surface area contributed by atoms with Crippen molar-refractivity contribution in [2.45, 2.75) is 57.9 Å². The van der Waals surface area contributed by atoms with Crippen molar-refractivity contribution in [1.82, 2.24) is 19.7 Å². The Balaban J connectivity index is 1.21. The van der Waals surface area contributed by atoms with E-state index in [4.69, 9.17) is 21.6 Å². The van der Waals surface area contributed by atoms with Gasteiger partial charge in [0, 0.05) is 6.20 Å². The molecule has 8 heteroatoms. The van der Waals surface area contributed by atoms with Crippen LogP contribution in [0.3, 0.4) is 0 Å². The highest BCUT2D eigenvalue weighted by Gasteiger charge is 2.48. The second-order valence-corrected chi connectivity index (χ2v) is 9.38. The number of hydrogen-bond donors (Lipinski definition) is 1. The fraction of sp³-hybridized carbons (Fsp3) is 0.619. The van der Waals surface area contributed by atoms with Gasteiger partial charge in [0.05, 0.1) is 42.2 Å². The molecule has 3 fully saturated rings. The van der Waals surface area contributed by atoms with Crippen LogP contribution in [0.1, 0.15) is 56.7 Å². The van der Waals surface area contributed by atoms with Gasteiger partial charge < -0.3 is 10.1 Å². The second-order valence-electron chi connectivity index (χ2n) is 8.97. The van der Waals surface area contributed by atoms with Gasteiger partial charge in [0.25, 0.3) is 0 Å². The third-order valence-corrected chi connectivity index (χ3v) is 7.12. The molecular formula is C21H25ClN6O. The summed E-state index contributed by atoms with van der Waals surface area (Å²) in [6.07, 6.45) is 11.9. The highest BCUT2D eigenvalue weighted by atomic mass is 35.5. The summed E-state index contributed by atoms with van der Waals surface area (Å²) in [4.78, 5) is 8.75. The largest absolute Gasteiger partial charge is 0.476 e. The average molecular weight is 413 g/mol. The fourth-order valence-electron chi connectivity index (χ4n) is 4.90. The van der Waals surface area contributed by atoms with Gasteiger partial charge in [-0.05, 0) is 56.8 Å². The fourth-order valence-corrected chi connectivity index (χ4v) is 5.04. The Morgan fingerprint density at radius 2 is 2.17 bits per heavy atom. The summed E-state index contributed by atoms with van der Waals surface area (Å²) in [7, 11) is 0. The molecular weight excluding hydrogens is 388 g/mol. The number of nitrogens with zero attached hydrogens (tertiary/aromatic N) is 5. The summed E-state index contributed by atoms with van der Waals surface area (Å²) >= 11 is 6.25. The maximum atomic E-state index is 8.96. The van der Waals surface area contributed by atoms with Crippen LogP contribution in [0.5, 0.6) is 5.88 Å². The summed E-state index contributed by atoms with van der Waals surface area (Å²) in [6.45, 7) is 2.61. The monoisotopic (exact) mass is 412 g/mol. The molecule has 2 heterocycles. The maximum absolute atomic E-state index is 8.96. The van der Waals surface area contributed by atoms with E-state index in [2.05, 4.69) is 26.5 Å². The molecule has 1 spiro atoms. The molecule has 0 aromatic carbocycles. The average Bonchev–Trinajstić information content (AvgIpc) is 2.94. The quantitative estimate of drug-likeness (QED) is 0.732. The van der Waals surface area contributed by atoms with Crippen molar-refractivity contribution >= 4 is 23.2 Å². The van der Waals surface area contributed by atoms with Gasteiger partial charge in [0.15, 0.2) is 0 Å². The minimum Gasteiger partial charge on any atom is -0.476 e. The molecule has 0 bridgehead atoms. The summed E-state index contributed by atoms with van der Waals surface area (Å²) < 4.78 is 7.87. The first-order valence-corrected chi connectivity index (χ1v) is 10.8. The molecule has 0 saturated heterocycles. The summed E-state index contributed by atoms with van der Waals surface area (Å²) in [5.41, 5.74) is 2.36. The van der Waals surface area contributed by atoms with Crippen LogP contribution in [0, 0.1) is 35.5 Å². The van der Waals surface area contributed by atoms with Crippen LogP contribution in [0.4, 0.5) is 11.6 Å². The van der Waals surface area contributed by atoms with Gasteiger partial charge in [0.2, 0.25) is 11.8 Å². The summed E-state index contributed by atoms with van der Waals surface area (Å²) in [6, 6.07) is 2.60. The summed E-state index contributed by atoms with van der Waals surface area (Å²) in [5.74, 6) is 1.63. The lowest BCUT2D eigenvalue weighted by molar-refractivity contribution is -0.0422. The molecule has 2 aromatic rings. The van der Waals surface area contributed by atoms with Crippen LogP contribution in [-0.4, -0.2) is 26.4 Å². The van der Waals surface area contributed by atoms with Crippen molar-refractivity contribution in [3.05, 3.63) is 23.1 Å². The minimum absolute atomic E-state index is 0.148. The highest BCUT2D eigenvalue weighted by molar-refractivity contribution is 6.31. The Bertz CT molecular complexity index is 949. The van der Waals surface area contributed by atoms with Crippen LogP contribution >= 0.6 is 11.6 Å². The highest BCUT2D eigenvalue weighted by Crippen LogP contribution is 2.58. The zero-order valence-electron chi connectivity index (χ0n) is 16.6. The molecule has 3 saturated carbocycles. The lowest BCUT2D eigenvalue weighted by Gasteiger charge is -2.54. The van der Waals surface area contributed by atoms with Gasteiger partial charge in [-0.15, -0.1) is 0 Å². The first kappa shape index (κ1) is 18.7. The predicted octanol–water partition coefficient (Wildman–Crippen LogP) is 4.81. The molecule has 0 unspecified atom stereocenters. The molecule has 0 aliphatic heterocycles. The van der Waals surface area contributed by atoms with Crippen LogP contribution in [-0.2, 0) is 0 Å². The molecule has 1 N–H and O–H groups in total. The Morgan fingerprint density at radius 3 is 2.86 bits per heavy atom. The van der Waals surface area contributed by atoms with Crippen LogP contribution in [0.25, 0.3) is 0 Å². The number of rotatable bonds is 6. The third kappa shape index (κ3) is 3.55. The zero-order chi connectivity index (χ0) is 20.0. The van der Waals surface area contributed by atoms with Gasteiger partial charge in [-0.2, -0.15) is 15.3 Å². The lowest BCUT2D eigenvalue weighted by Crippen LogP contribution is -2.44. The number of aromatic nitrogens is 4. The number of hydrogen-bond acceptors (Lipinski definition) is 6. The first-order chi connectivity index (χ1) is 14.0. The number of anilines is 2. The van der Waals surface area contributed by atoms with Crippen LogP contribution in [0.15, 0.2) is 12.4 Å². The molecule has 2 aromatic heterocycles. The SMILES string of the molecule is Cc1nn(C2CC(C#N)C2)cc1Nc1ncc(Cl)c(OCC2CC3(CCC3)C2)n1. The number of nitriles is 1. The second kappa shape index (κ2) is 7.17. The number of aryl methyl sites for hydroxylation is 1. The van der Waals surface area contributed by atoms with Gasteiger partial charge in [0.1, 0.15) is 5.02 Å². The molecule has 0 amide bonds. The molecule has 7 nitrogen and oxygen atoms in total. The van der Waals surface area contributed by atoms with Crippen LogP contribution < -0.4 is 10.1 Å². The molecule has 0 atom stereocenters. The van der Waals surface area contributed by atoms with Crippen molar-refractivity contribution in [3.8, 4) is 11.9 Å². The van der Waals surface area contributed by atoms with E-state index in [1.165, 1.54) is 32.1 Å². The Morgan fingerprint density at radius 1 is 1.38 bits per heavy atom. The van der Waals surface area contributed by atoms with E-state index in [0.717, 1.165) is 24.2 Å². The molecule has 3 aliphatic rings. The molecule has 3 aliphatic carbocycles. The van der Waals surface area contributed by atoms with E-state index in [0.29, 0.717) is 40.8 Å². The first-order valence-electron chi connectivity index (χ1n) is 10.4. The van der Waals surface area contributed by atoms with Gasteiger partial charge in [-0.25, -0.2) is 4.98 Å². The Kier molecular flexibility index (Phi) is 4.62. The van der Waals surface area contributed by atoms with Crippen LogP contribution in [0.2, 0.25) is 5.02 Å². The van der Waals surface area contributed by atoms with E-state index in [1.54, 1.807) is 6.20 Å². The van der Waals surface area contributed by atoms with Crippen molar-refractivity contribution in [2.75, 3.05) is 11.9 Å². The van der Waals surface area contributed by atoms with E-state index in [9.17, 15) is 0 Å². The Hall–Kier alpha value is -2.33. The molecule has 29 heavy (non-hydrogen) atoms. The normalized spacial score (nSPS) is 24.9. The number of ether oxygens (including phenoxy) is 1. The predicted molar refractivity (Wildman–Crippen MR) is 109 cm³/mol. The van der Waals surface area contributed by atoms with E-state index in [-0.39, 0.29) is 5.92 Å². The van der Waals surface area contributed by atoms with E-state index >= 15 is 0 Å². The van der Waals surface area contributed by atoms with Gasteiger partial charge >= 0.3 is 0 Å². The summed E-state index contributed by atoms with van der Waals surface area (Å²) in [5, 5.41) is 17.2. The molecule has 5 rings (SSSR count). The van der Waals surface area contributed by atoms with E-state index in [1.807, 2.05) is 17.8 Å². The van der Waals surface area contributed by atoms with Gasteiger partial charge in [-0.3, -0.25) is 4.68 Å². The van der Waals surface area contributed by atoms with Crippen molar-refractivity contribution < 1.29 is 4.74 Å².